The summed E-state index contributed by atoms with van der Waals surface area (Å²) in [5.41, 5.74) is 0.687. The maximum absolute atomic E-state index is 10.7. The molecule has 216 valence electrons. The van der Waals surface area contributed by atoms with E-state index in [4.69, 9.17) is 46.2 Å². The molecule has 0 aromatic carbocycles. The van der Waals surface area contributed by atoms with E-state index < -0.39 is 96.0 Å². The predicted molar refractivity (Wildman–Crippen MR) is 116 cm³/mol. The Labute approximate surface area is 215 Å². The molecule has 0 aliphatic carbocycles. The van der Waals surface area contributed by atoms with Crippen molar-refractivity contribution in [3.63, 3.8) is 0 Å². The van der Waals surface area contributed by atoms with Gasteiger partial charge in [-0.15, -0.1) is 0 Å². The first kappa shape index (κ1) is 38.1. The number of hydrogen-bond acceptors (Lipinski definition) is 12. The highest BCUT2D eigenvalue weighted by Gasteiger charge is 2.15. The van der Waals surface area contributed by atoms with Crippen LogP contribution in [0.5, 0.6) is 0 Å². The van der Waals surface area contributed by atoms with Crippen LogP contribution >= 0.6 is 0 Å². The fourth-order valence-corrected chi connectivity index (χ4v) is 1.74. The summed E-state index contributed by atoms with van der Waals surface area (Å²) < 4.78 is 0. The first-order valence-corrected chi connectivity index (χ1v) is 9.40. The highest BCUT2D eigenvalue weighted by Crippen LogP contribution is 2.03. The molecule has 20 nitrogen and oxygen atoms in total. The number of carbonyl (C=O) groups is 9. The number of nitrogens with one attached hydrogen (secondary N) is 2. The molecule has 0 saturated heterocycles. The maximum Gasteiger partial charge on any atom is 0.332 e. The van der Waals surface area contributed by atoms with Crippen molar-refractivity contribution < 1.29 is 89.3 Å². The molecule has 0 atom stereocenters. The molecule has 0 unspecified atom stereocenters. The molecule has 0 radical (unpaired) electrons. The fraction of sp³-hybridized carbons (Fsp3) is 0.211. The molecule has 11 N–H and O–H groups in total. The molecule has 39 heavy (non-hydrogen) atoms. The number of carboxylic acids is 6. The van der Waals surface area contributed by atoms with Crippen LogP contribution in [-0.2, 0) is 43.2 Å². The molecule has 0 aliphatic heterocycles. The van der Waals surface area contributed by atoms with E-state index in [1.165, 1.54) is 5.48 Å². The van der Waals surface area contributed by atoms with E-state index >= 15 is 0 Å². The van der Waals surface area contributed by atoms with Crippen LogP contribution in [0.15, 0.2) is 34.9 Å². The smallest absolute Gasteiger partial charge is 0.332 e. The van der Waals surface area contributed by atoms with Crippen molar-refractivity contribution >= 4 is 53.4 Å². The van der Waals surface area contributed by atoms with Gasteiger partial charge in [-0.2, -0.15) is 0 Å². The van der Waals surface area contributed by atoms with Gasteiger partial charge in [0.05, 0.1) is 30.4 Å². The van der Waals surface area contributed by atoms with Gasteiger partial charge in [-0.1, -0.05) is 0 Å². The fourth-order valence-electron chi connectivity index (χ4n) is 1.74. The third-order valence-electron chi connectivity index (χ3n) is 3.22. The van der Waals surface area contributed by atoms with Gasteiger partial charge in [-0.05, 0) is 0 Å². The SMILES string of the molecule is O=C(O)/C=C(/CC(=O)NO)C(=O)O.O=C(O)/C=C(/CC(=O)O)C(=O)CO.O=C(O)C/C(=C/C(=O)NO)C(=O)O. The Kier molecular flexibility index (Phi) is 20.2. The Balaban J connectivity index is -0.000000498. The minimum absolute atomic E-state index is 0.386. The van der Waals surface area contributed by atoms with Crippen LogP contribution in [-0.4, -0.2) is 106 Å². The van der Waals surface area contributed by atoms with Crippen molar-refractivity contribution in [1.82, 2.24) is 11.0 Å². The molecule has 0 bridgehead atoms. The van der Waals surface area contributed by atoms with Crippen LogP contribution < -0.4 is 11.0 Å². The van der Waals surface area contributed by atoms with Crippen LogP contribution in [0.25, 0.3) is 0 Å². The van der Waals surface area contributed by atoms with E-state index in [0.29, 0.717) is 18.2 Å². The molecule has 0 aromatic heterocycles. The molecule has 0 aromatic rings. The number of ketones is 1. The van der Waals surface area contributed by atoms with E-state index in [9.17, 15) is 43.2 Å². The van der Waals surface area contributed by atoms with Gasteiger partial charge in [-0.3, -0.25) is 34.4 Å². The van der Waals surface area contributed by atoms with Crippen LogP contribution in [0.2, 0.25) is 0 Å². The van der Waals surface area contributed by atoms with Gasteiger partial charge in [0.2, 0.25) is 5.91 Å². The van der Waals surface area contributed by atoms with E-state index in [0.717, 1.165) is 5.48 Å². The lowest BCUT2D eigenvalue weighted by Crippen LogP contribution is -2.21. The zero-order chi connectivity index (χ0) is 31.3. The second-order valence-corrected chi connectivity index (χ2v) is 6.21. The standard InChI is InChI=1S/C7H8O6.2C6H7NO6/c8-3-5(9)4(1-6(10)11)2-7(12)13;2*8-4(7-13)1-3(6(11)12)2-5(9)10/h1,8H,2-3H2,(H,10,11)(H,12,13);2,13H,1H2,(H,7,8)(H,9,10)(H,11,12);1,13H,2H2,(H,7,8)(H,9,10)(H,11,12)/b4-1-;3-2-;3-1-. The molecule has 0 heterocycles. The van der Waals surface area contributed by atoms with Gasteiger partial charge >= 0.3 is 35.8 Å². The molecule has 0 rings (SSSR count). The summed E-state index contributed by atoms with van der Waals surface area (Å²) in [5.74, 6) is -11.6. The number of aliphatic hydroxyl groups is 1. The average Bonchev–Trinajstić information content (AvgIpc) is 2.81. The van der Waals surface area contributed by atoms with Crippen molar-refractivity contribution in [2.75, 3.05) is 6.61 Å². The monoisotopic (exact) mass is 566 g/mol. The normalized spacial score (nSPS) is 10.8. The van der Waals surface area contributed by atoms with Crippen LogP contribution in [0, 0.1) is 0 Å². The summed E-state index contributed by atoms with van der Waals surface area (Å²) in [6.45, 7) is -0.896. The Morgan fingerprint density at radius 2 is 0.923 bits per heavy atom. The highest BCUT2D eigenvalue weighted by atomic mass is 16.5. The second-order valence-electron chi connectivity index (χ2n) is 6.21. The van der Waals surface area contributed by atoms with E-state index in [1.54, 1.807) is 0 Å². The maximum atomic E-state index is 10.7. The van der Waals surface area contributed by atoms with E-state index in [1.807, 2.05) is 0 Å². The Bertz CT molecular complexity index is 1070. The van der Waals surface area contributed by atoms with Crippen LogP contribution in [0.3, 0.4) is 0 Å². The number of carboxylic acid groups (broad SMARTS) is 6. The van der Waals surface area contributed by atoms with Crippen molar-refractivity contribution in [3.8, 4) is 0 Å². The number of rotatable bonds is 13. The first-order valence-electron chi connectivity index (χ1n) is 9.40. The molecular weight excluding hydrogens is 544 g/mol. The first-order chi connectivity index (χ1) is 17.9. The zero-order valence-corrected chi connectivity index (χ0v) is 19.3. The molecule has 0 aliphatic rings. The number of hydrogen-bond donors (Lipinski definition) is 11. The Morgan fingerprint density at radius 1 is 0.538 bits per heavy atom. The Morgan fingerprint density at radius 3 is 1.23 bits per heavy atom. The van der Waals surface area contributed by atoms with Crippen LogP contribution in [0.1, 0.15) is 19.3 Å². The van der Waals surface area contributed by atoms with E-state index in [2.05, 4.69) is 0 Å². The van der Waals surface area contributed by atoms with Gasteiger partial charge in [0.15, 0.2) is 5.78 Å². The highest BCUT2D eigenvalue weighted by molar-refractivity contribution is 6.04. The molecule has 20 heteroatoms. The van der Waals surface area contributed by atoms with Crippen LogP contribution in [0.4, 0.5) is 0 Å². The third kappa shape index (κ3) is 22.7. The number of Topliss-reactive ketones (excluding diaryl/α,β-unsaturated/α-hetero) is 1. The van der Waals surface area contributed by atoms with Crippen molar-refractivity contribution in [2.24, 2.45) is 0 Å². The van der Waals surface area contributed by atoms with E-state index in [-0.39, 0.29) is 0 Å². The predicted octanol–water partition coefficient (Wildman–Crippen LogP) is -3.01. The van der Waals surface area contributed by atoms with Gasteiger partial charge in [0.1, 0.15) is 6.61 Å². The number of aliphatic hydroxyl groups excluding tert-OH is 1. The molecule has 0 saturated carbocycles. The van der Waals surface area contributed by atoms with Crippen molar-refractivity contribution in [3.05, 3.63) is 34.9 Å². The minimum Gasteiger partial charge on any atom is -0.481 e. The van der Waals surface area contributed by atoms with Gasteiger partial charge in [0.25, 0.3) is 5.91 Å². The number of aliphatic carboxylic acids is 6. The summed E-state index contributed by atoms with van der Waals surface area (Å²) in [5, 5.41) is 74.1. The lowest BCUT2D eigenvalue weighted by atomic mass is 10.1. The summed E-state index contributed by atoms with van der Waals surface area (Å²) in [7, 11) is 0. The Hall–Kier alpha value is -5.47. The van der Waals surface area contributed by atoms with Gasteiger partial charge in [-0.25, -0.2) is 30.1 Å². The van der Waals surface area contributed by atoms with Gasteiger partial charge in [0, 0.05) is 23.8 Å². The molecular formula is C19H22N2O18. The number of amides is 2. The number of hydroxylamine groups is 2. The molecule has 0 spiro atoms. The van der Waals surface area contributed by atoms with Crippen molar-refractivity contribution in [2.45, 2.75) is 19.3 Å². The zero-order valence-electron chi connectivity index (χ0n) is 19.3. The minimum atomic E-state index is -1.52. The summed E-state index contributed by atoms with van der Waals surface area (Å²) in [6.07, 6.45) is -0.826. The summed E-state index contributed by atoms with van der Waals surface area (Å²) in [6, 6.07) is 0. The largest absolute Gasteiger partial charge is 0.481 e. The summed E-state index contributed by atoms with van der Waals surface area (Å²) >= 11 is 0. The lowest BCUT2D eigenvalue weighted by molar-refractivity contribution is -0.139. The van der Waals surface area contributed by atoms with Gasteiger partial charge < -0.3 is 35.7 Å². The quantitative estimate of drug-likeness (QED) is 0.0600. The summed E-state index contributed by atoms with van der Waals surface area (Å²) in [4.78, 5) is 92.6. The van der Waals surface area contributed by atoms with Crippen molar-refractivity contribution in [1.29, 1.82) is 0 Å². The molecule has 0 fully saturated rings. The topological polar surface area (TPSA) is 360 Å². The molecule has 2 amide bonds. The number of carbonyl (C=O) groups excluding carboxylic acids is 3. The average molecular weight is 566 g/mol. The second kappa shape index (κ2) is 20.7. The lowest BCUT2D eigenvalue weighted by Gasteiger charge is -1.98. The third-order valence-corrected chi connectivity index (χ3v) is 3.22.